The summed E-state index contributed by atoms with van der Waals surface area (Å²) in [4.78, 5) is 17.0. The number of nitrogens with one attached hydrogen (secondary N) is 1. The van der Waals surface area contributed by atoms with Crippen molar-refractivity contribution in [3.63, 3.8) is 0 Å². The van der Waals surface area contributed by atoms with E-state index in [1.54, 1.807) is 18.2 Å². The number of carbonyl (C=O) groups excluding carboxylic acids is 1. The molecular formula is C17H24FN3OS. The second kappa shape index (κ2) is 8.02. The maximum absolute atomic E-state index is 13.8. The van der Waals surface area contributed by atoms with Gasteiger partial charge in [0, 0.05) is 18.8 Å². The molecule has 2 aliphatic heterocycles. The SMILES string of the molecule is O=C(Nc1ccccc1F)N1CCCSCC1CN1CCCC1. The lowest BCUT2D eigenvalue weighted by molar-refractivity contribution is 0.173. The van der Waals surface area contributed by atoms with Crippen molar-refractivity contribution in [2.75, 3.05) is 43.0 Å². The number of hydrogen-bond acceptors (Lipinski definition) is 3. The maximum atomic E-state index is 13.8. The van der Waals surface area contributed by atoms with Gasteiger partial charge in [-0.3, -0.25) is 0 Å². The largest absolute Gasteiger partial charge is 0.322 e. The van der Waals surface area contributed by atoms with Crippen LogP contribution in [-0.2, 0) is 0 Å². The average molecular weight is 337 g/mol. The first-order valence-electron chi connectivity index (χ1n) is 8.36. The topological polar surface area (TPSA) is 35.6 Å². The fraction of sp³-hybridized carbons (Fsp3) is 0.588. The van der Waals surface area contributed by atoms with Crippen LogP contribution in [0.2, 0.25) is 0 Å². The Bertz CT molecular complexity index is 536. The lowest BCUT2D eigenvalue weighted by atomic mass is 10.2. The molecule has 1 unspecified atom stereocenters. The molecule has 0 radical (unpaired) electrons. The average Bonchev–Trinajstić information content (AvgIpc) is 2.94. The van der Waals surface area contributed by atoms with Gasteiger partial charge in [-0.25, -0.2) is 9.18 Å². The Balaban J connectivity index is 1.68. The molecule has 1 aromatic carbocycles. The molecule has 4 nitrogen and oxygen atoms in total. The zero-order chi connectivity index (χ0) is 16.1. The van der Waals surface area contributed by atoms with Gasteiger partial charge >= 0.3 is 6.03 Å². The van der Waals surface area contributed by atoms with Gasteiger partial charge in [0.05, 0.1) is 11.7 Å². The molecule has 2 fully saturated rings. The van der Waals surface area contributed by atoms with Crippen LogP contribution in [0.3, 0.4) is 0 Å². The number of urea groups is 1. The van der Waals surface area contributed by atoms with E-state index >= 15 is 0 Å². The molecule has 1 aromatic rings. The third kappa shape index (κ3) is 4.38. The Morgan fingerprint density at radius 2 is 2.00 bits per heavy atom. The molecule has 2 saturated heterocycles. The van der Waals surface area contributed by atoms with E-state index in [-0.39, 0.29) is 23.6 Å². The van der Waals surface area contributed by atoms with Crippen molar-refractivity contribution in [2.45, 2.75) is 25.3 Å². The molecule has 6 heteroatoms. The number of likely N-dealkylation sites (tertiary alicyclic amines) is 1. The molecule has 2 heterocycles. The second-order valence-electron chi connectivity index (χ2n) is 6.19. The van der Waals surface area contributed by atoms with Crippen molar-refractivity contribution >= 4 is 23.5 Å². The van der Waals surface area contributed by atoms with E-state index in [9.17, 15) is 9.18 Å². The smallest absolute Gasteiger partial charge is 0.319 e. The van der Waals surface area contributed by atoms with E-state index in [4.69, 9.17) is 0 Å². The first-order valence-corrected chi connectivity index (χ1v) is 9.52. The van der Waals surface area contributed by atoms with Gasteiger partial charge < -0.3 is 15.1 Å². The van der Waals surface area contributed by atoms with Crippen molar-refractivity contribution in [3.05, 3.63) is 30.1 Å². The van der Waals surface area contributed by atoms with E-state index in [1.807, 2.05) is 16.7 Å². The van der Waals surface area contributed by atoms with Crippen LogP contribution in [0.25, 0.3) is 0 Å². The van der Waals surface area contributed by atoms with Crippen LogP contribution < -0.4 is 5.32 Å². The summed E-state index contributed by atoms with van der Waals surface area (Å²) in [5.41, 5.74) is 0.259. The highest BCUT2D eigenvalue weighted by Gasteiger charge is 2.28. The molecular weight excluding hydrogens is 313 g/mol. The number of halogens is 1. The van der Waals surface area contributed by atoms with Gasteiger partial charge in [-0.2, -0.15) is 11.8 Å². The Morgan fingerprint density at radius 3 is 2.78 bits per heavy atom. The molecule has 23 heavy (non-hydrogen) atoms. The summed E-state index contributed by atoms with van der Waals surface area (Å²) >= 11 is 1.92. The van der Waals surface area contributed by atoms with Crippen LogP contribution in [0, 0.1) is 5.82 Å². The van der Waals surface area contributed by atoms with Crippen LogP contribution in [-0.4, -0.2) is 59.6 Å². The molecule has 0 aromatic heterocycles. The highest BCUT2D eigenvalue weighted by atomic mass is 32.2. The molecule has 126 valence electrons. The van der Waals surface area contributed by atoms with Crippen molar-refractivity contribution in [1.29, 1.82) is 0 Å². The lowest BCUT2D eigenvalue weighted by Crippen LogP contribution is -2.49. The molecule has 0 aliphatic carbocycles. The van der Waals surface area contributed by atoms with Crippen molar-refractivity contribution in [1.82, 2.24) is 9.80 Å². The first kappa shape index (κ1) is 16.6. The van der Waals surface area contributed by atoms with Crippen LogP contribution >= 0.6 is 11.8 Å². The van der Waals surface area contributed by atoms with Crippen LogP contribution in [0.1, 0.15) is 19.3 Å². The van der Waals surface area contributed by atoms with Gasteiger partial charge in [0.15, 0.2) is 0 Å². The highest BCUT2D eigenvalue weighted by molar-refractivity contribution is 7.99. The Labute approximate surface area is 141 Å². The molecule has 2 aliphatic rings. The Hall–Kier alpha value is -1.27. The Kier molecular flexibility index (Phi) is 5.78. The molecule has 0 spiro atoms. The zero-order valence-corrected chi connectivity index (χ0v) is 14.2. The van der Waals surface area contributed by atoms with Gasteiger partial charge in [0.25, 0.3) is 0 Å². The summed E-state index contributed by atoms with van der Waals surface area (Å²) in [5.74, 6) is 1.65. The minimum atomic E-state index is -0.388. The minimum Gasteiger partial charge on any atom is -0.319 e. The zero-order valence-electron chi connectivity index (χ0n) is 13.3. The summed E-state index contributed by atoms with van der Waals surface area (Å²) in [6.45, 7) is 3.93. The van der Waals surface area contributed by atoms with E-state index in [0.717, 1.165) is 44.1 Å². The summed E-state index contributed by atoms with van der Waals surface area (Å²) in [7, 11) is 0. The Morgan fingerprint density at radius 1 is 1.22 bits per heavy atom. The maximum Gasteiger partial charge on any atom is 0.322 e. The normalized spacial score (nSPS) is 22.8. The number of nitrogens with zero attached hydrogens (tertiary/aromatic N) is 2. The van der Waals surface area contributed by atoms with Crippen molar-refractivity contribution < 1.29 is 9.18 Å². The van der Waals surface area contributed by atoms with Crippen LogP contribution in [0.4, 0.5) is 14.9 Å². The van der Waals surface area contributed by atoms with E-state index in [0.29, 0.717) is 0 Å². The predicted molar refractivity (Wildman–Crippen MR) is 93.5 cm³/mol. The number of thioether (sulfide) groups is 1. The predicted octanol–water partition coefficient (Wildman–Crippen LogP) is 3.26. The summed E-state index contributed by atoms with van der Waals surface area (Å²) in [6, 6.07) is 6.36. The molecule has 0 saturated carbocycles. The fourth-order valence-corrected chi connectivity index (χ4v) is 4.32. The van der Waals surface area contributed by atoms with Gasteiger partial charge in [-0.15, -0.1) is 0 Å². The number of para-hydroxylation sites is 1. The fourth-order valence-electron chi connectivity index (χ4n) is 3.26. The highest BCUT2D eigenvalue weighted by Crippen LogP contribution is 2.21. The van der Waals surface area contributed by atoms with Crippen molar-refractivity contribution in [3.8, 4) is 0 Å². The van der Waals surface area contributed by atoms with E-state index in [2.05, 4.69) is 10.2 Å². The number of rotatable bonds is 3. The number of hydrogen-bond donors (Lipinski definition) is 1. The third-order valence-corrected chi connectivity index (χ3v) is 5.68. The summed E-state index contributed by atoms with van der Waals surface area (Å²) in [5, 5.41) is 2.75. The molecule has 1 atom stereocenters. The number of amides is 2. The van der Waals surface area contributed by atoms with Crippen LogP contribution in [0.5, 0.6) is 0 Å². The second-order valence-corrected chi connectivity index (χ2v) is 7.34. The van der Waals surface area contributed by atoms with Crippen LogP contribution in [0.15, 0.2) is 24.3 Å². The van der Waals surface area contributed by atoms with E-state index in [1.165, 1.54) is 18.9 Å². The quantitative estimate of drug-likeness (QED) is 0.919. The molecule has 1 N–H and O–H groups in total. The number of anilines is 1. The number of benzene rings is 1. The van der Waals surface area contributed by atoms with E-state index < -0.39 is 0 Å². The summed E-state index contributed by atoms with van der Waals surface area (Å²) in [6.07, 6.45) is 3.49. The van der Waals surface area contributed by atoms with Gasteiger partial charge in [0.1, 0.15) is 5.82 Å². The minimum absolute atomic E-state index is 0.179. The van der Waals surface area contributed by atoms with Crippen molar-refractivity contribution in [2.24, 2.45) is 0 Å². The molecule has 3 rings (SSSR count). The number of carbonyl (C=O) groups is 1. The first-order chi connectivity index (χ1) is 11.2. The summed E-state index contributed by atoms with van der Waals surface area (Å²) < 4.78 is 13.8. The van der Waals surface area contributed by atoms with Gasteiger partial charge in [0.2, 0.25) is 0 Å². The monoisotopic (exact) mass is 337 g/mol. The standard InChI is InChI=1S/C17H24FN3OS/c18-15-6-1-2-7-16(15)19-17(22)21-10-5-11-23-13-14(21)12-20-8-3-4-9-20/h1-2,6-7,14H,3-5,8-13H2,(H,19,22). The van der Waals surface area contributed by atoms with Gasteiger partial charge in [-0.05, 0) is 50.2 Å². The third-order valence-electron chi connectivity index (χ3n) is 4.48. The molecule has 0 bridgehead atoms. The lowest BCUT2D eigenvalue weighted by Gasteiger charge is -2.32. The molecule has 2 amide bonds. The van der Waals surface area contributed by atoms with Gasteiger partial charge in [-0.1, -0.05) is 12.1 Å².